The van der Waals surface area contributed by atoms with Gasteiger partial charge in [0.15, 0.2) is 5.78 Å². The number of carbonyl (C=O) groups is 2. The van der Waals surface area contributed by atoms with Crippen molar-refractivity contribution in [2.24, 2.45) is 5.92 Å². The molecule has 1 aliphatic carbocycles. The van der Waals surface area contributed by atoms with Gasteiger partial charge in [0, 0.05) is 31.0 Å². The van der Waals surface area contributed by atoms with Crippen molar-refractivity contribution >= 4 is 11.7 Å². The lowest BCUT2D eigenvalue weighted by Gasteiger charge is -2.35. The molecule has 170 valence electrons. The van der Waals surface area contributed by atoms with Crippen molar-refractivity contribution in [3.05, 3.63) is 69.5 Å². The van der Waals surface area contributed by atoms with Gasteiger partial charge in [-0.25, -0.2) is 4.39 Å². The van der Waals surface area contributed by atoms with E-state index in [2.05, 4.69) is 0 Å². The van der Waals surface area contributed by atoms with Crippen molar-refractivity contribution in [2.75, 3.05) is 6.54 Å². The van der Waals surface area contributed by atoms with E-state index >= 15 is 0 Å². The highest BCUT2D eigenvalue weighted by Gasteiger charge is 2.34. The van der Waals surface area contributed by atoms with Crippen LogP contribution >= 0.6 is 0 Å². The Morgan fingerprint density at radius 3 is 2.50 bits per heavy atom. The van der Waals surface area contributed by atoms with Crippen LogP contribution in [0, 0.1) is 18.7 Å². The molecule has 0 unspecified atom stereocenters. The molecule has 4 rings (SSSR count). The van der Waals surface area contributed by atoms with Crippen LogP contribution < -0.4 is 0 Å². The second-order valence-corrected chi connectivity index (χ2v) is 8.77. The quantitative estimate of drug-likeness (QED) is 0.439. The maximum Gasteiger partial charge on any atom is 0.419 e. The molecule has 2 aromatic carbocycles. The molecule has 0 atom stereocenters. The number of Topliss-reactive ketones (excluding diaryl/α,β-unsaturated/α-hetero) is 1. The Morgan fingerprint density at radius 2 is 1.88 bits per heavy atom. The number of carbonyl (C=O) groups excluding carboxylic acids is 2. The summed E-state index contributed by atoms with van der Waals surface area (Å²) in [6.07, 6.45) is -0.912. The smallest absolute Gasteiger partial charge is 0.338 e. The van der Waals surface area contributed by atoms with Gasteiger partial charge in [-0.3, -0.25) is 9.59 Å². The Hall–Kier alpha value is -2.70. The number of rotatable bonds is 5. The Kier molecular flexibility index (Phi) is 6.10. The van der Waals surface area contributed by atoms with Gasteiger partial charge >= 0.3 is 6.18 Å². The van der Waals surface area contributed by atoms with Crippen LogP contribution in [0.1, 0.15) is 63.9 Å². The molecule has 1 heterocycles. The minimum Gasteiger partial charge on any atom is -0.338 e. The number of hydrogen-bond acceptors (Lipinski definition) is 2. The summed E-state index contributed by atoms with van der Waals surface area (Å²) >= 11 is 0. The average molecular weight is 447 g/mol. The SMILES string of the molecule is Cc1ccc2c(c1C(=O)CCc1ccc(C(F)(F)F)c(F)c1)CCN(C(=O)C1CCC1)C2. The summed E-state index contributed by atoms with van der Waals surface area (Å²) in [5.41, 5.74) is 2.44. The van der Waals surface area contributed by atoms with Crippen LogP contribution in [0.2, 0.25) is 0 Å². The molecule has 0 saturated heterocycles. The maximum atomic E-state index is 13.8. The summed E-state index contributed by atoms with van der Waals surface area (Å²) in [6, 6.07) is 6.64. The molecule has 1 saturated carbocycles. The van der Waals surface area contributed by atoms with Crippen LogP contribution in [-0.2, 0) is 30.4 Å². The zero-order valence-electron chi connectivity index (χ0n) is 17.9. The third-order valence-electron chi connectivity index (χ3n) is 6.64. The number of alkyl halides is 3. The Labute approximate surface area is 184 Å². The summed E-state index contributed by atoms with van der Waals surface area (Å²) < 4.78 is 52.1. The third-order valence-corrected chi connectivity index (χ3v) is 6.64. The summed E-state index contributed by atoms with van der Waals surface area (Å²) in [4.78, 5) is 27.5. The molecule has 0 spiro atoms. The fourth-order valence-electron chi connectivity index (χ4n) is 4.59. The average Bonchev–Trinajstić information content (AvgIpc) is 2.69. The van der Waals surface area contributed by atoms with Crippen molar-refractivity contribution in [2.45, 2.75) is 58.2 Å². The van der Waals surface area contributed by atoms with E-state index in [9.17, 15) is 27.2 Å². The minimum absolute atomic E-state index is 0.0762. The van der Waals surface area contributed by atoms with E-state index in [0.717, 1.165) is 48.1 Å². The standard InChI is InChI=1S/C25H25F4NO2/c1-15-5-8-18-14-30(24(32)17-3-2-4-17)12-11-19(18)23(15)22(31)10-7-16-6-9-20(21(26)13-16)25(27,28)29/h5-6,8-9,13,17H,2-4,7,10-12,14H2,1H3. The first-order chi connectivity index (χ1) is 15.1. The third kappa shape index (κ3) is 4.43. The molecule has 0 aromatic heterocycles. The molecule has 0 bridgehead atoms. The number of hydrogen-bond donors (Lipinski definition) is 0. The van der Waals surface area contributed by atoms with Crippen LogP contribution in [0.15, 0.2) is 30.3 Å². The number of benzene rings is 2. The van der Waals surface area contributed by atoms with Gasteiger partial charge in [-0.15, -0.1) is 0 Å². The lowest BCUT2D eigenvalue weighted by Crippen LogP contribution is -2.42. The summed E-state index contributed by atoms with van der Waals surface area (Å²) in [5, 5.41) is 0. The predicted octanol–water partition coefficient (Wildman–Crippen LogP) is 5.65. The fraction of sp³-hybridized carbons (Fsp3) is 0.440. The van der Waals surface area contributed by atoms with Gasteiger partial charge in [0.05, 0.1) is 5.56 Å². The van der Waals surface area contributed by atoms with E-state index in [0.29, 0.717) is 30.6 Å². The number of halogens is 4. The monoisotopic (exact) mass is 447 g/mol. The summed E-state index contributed by atoms with van der Waals surface area (Å²) in [5.74, 6) is -1.11. The topological polar surface area (TPSA) is 37.4 Å². The molecule has 1 amide bonds. The molecule has 3 nitrogen and oxygen atoms in total. The van der Waals surface area contributed by atoms with Crippen molar-refractivity contribution in [3.8, 4) is 0 Å². The van der Waals surface area contributed by atoms with Crippen LogP contribution in [0.25, 0.3) is 0 Å². The summed E-state index contributed by atoms with van der Waals surface area (Å²) in [7, 11) is 0. The maximum absolute atomic E-state index is 13.8. The van der Waals surface area contributed by atoms with E-state index < -0.39 is 17.6 Å². The summed E-state index contributed by atoms with van der Waals surface area (Å²) in [6.45, 7) is 2.93. The molecule has 1 fully saturated rings. The van der Waals surface area contributed by atoms with E-state index in [-0.39, 0.29) is 30.4 Å². The zero-order chi connectivity index (χ0) is 23.0. The van der Waals surface area contributed by atoms with Gasteiger partial charge in [0.2, 0.25) is 5.91 Å². The second-order valence-electron chi connectivity index (χ2n) is 8.77. The number of nitrogens with zero attached hydrogens (tertiary/aromatic N) is 1. The molecule has 0 N–H and O–H groups in total. The van der Waals surface area contributed by atoms with Crippen molar-refractivity contribution in [1.29, 1.82) is 0 Å². The van der Waals surface area contributed by atoms with E-state index in [4.69, 9.17) is 0 Å². The number of aryl methyl sites for hydroxylation is 2. The first-order valence-corrected chi connectivity index (χ1v) is 10.9. The molecule has 32 heavy (non-hydrogen) atoms. The lowest BCUT2D eigenvalue weighted by atomic mass is 9.83. The first kappa shape index (κ1) is 22.5. The van der Waals surface area contributed by atoms with Crippen LogP contribution in [0.5, 0.6) is 0 Å². The number of amides is 1. The van der Waals surface area contributed by atoms with E-state index in [1.165, 1.54) is 6.07 Å². The highest BCUT2D eigenvalue weighted by molar-refractivity contribution is 5.99. The predicted molar refractivity (Wildman–Crippen MR) is 112 cm³/mol. The van der Waals surface area contributed by atoms with Gasteiger partial charge in [0.25, 0.3) is 0 Å². The molecular formula is C25H25F4NO2. The van der Waals surface area contributed by atoms with Crippen LogP contribution in [-0.4, -0.2) is 23.1 Å². The Balaban J connectivity index is 1.48. The van der Waals surface area contributed by atoms with Gasteiger partial charge in [-0.05, 0) is 67.0 Å². The number of ketones is 1. The lowest BCUT2D eigenvalue weighted by molar-refractivity contribution is -0.140. The van der Waals surface area contributed by atoms with Crippen LogP contribution in [0.3, 0.4) is 0 Å². The van der Waals surface area contributed by atoms with E-state index in [1.54, 1.807) is 0 Å². The van der Waals surface area contributed by atoms with Gasteiger partial charge in [-0.1, -0.05) is 24.6 Å². The molecule has 1 aliphatic heterocycles. The fourth-order valence-corrected chi connectivity index (χ4v) is 4.59. The normalized spacial score (nSPS) is 16.5. The second kappa shape index (κ2) is 8.68. The largest absolute Gasteiger partial charge is 0.419 e. The molecule has 0 radical (unpaired) electrons. The van der Waals surface area contributed by atoms with Crippen molar-refractivity contribution in [1.82, 2.24) is 4.90 Å². The Morgan fingerprint density at radius 1 is 1.12 bits per heavy atom. The van der Waals surface area contributed by atoms with Gasteiger partial charge in [-0.2, -0.15) is 13.2 Å². The highest BCUT2D eigenvalue weighted by atomic mass is 19.4. The zero-order valence-corrected chi connectivity index (χ0v) is 17.9. The van der Waals surface area contributed by atoms with Crippen LogP contribution in [0.4, 0.5) is 17.6 Å². The van der Waals surface area contributed by atoms with Crippen molar-refractivity contribution in [3.63, 3.8) is 0 Å². The van der Waals surface area contributed by atoms with Crippen molar-refractivity contribution < 1.29 is 27.2 Å². The van der Waals surface area contributed by atoms with Gasteiger partial charge in [0.1, 0.15) is 5.82 Å². The van der Waals surface area contributed by atoms with Gasteiger partial charge < -0.3 is 4.90 Å². The van der Waals surface area contributed by atoms with E-state index in [1.807, 2.05) is 24.0 Å². The first-order valence-electron chi connectivity index (χ1n) is 10.9. The Bertz CT molecular complexity index is 1060. The minimum atomic E-state index is -4.74. The molecule has 7 heteroatoms. The highest BCUT2D eigenvalue weighted by Crippen LogP contribution is 2.33. The molecule has 2 aromatic rings. The number of fused-ring (bicyclic) bond motifs is 1. The molecular weight excluding hydrogens is 422 g/mol. The molecule has 2 aliphatic rings.